The summed E-state index contributed by atoms with van der Waals surface area (Å²) in [7, 11) is 6.79. The topological polar surface area (TPSA) is 158 Å². The first kappa shape index (κ1) is 28.6. The lowest BCUT2D eigenvalue weighted by Gasteiger charge is -2.52. The Hall–Kier alpha value is -3.89. The number of aliphatic hydroxyl groups is 1. The van der Waals surface area contributed by atoms with Crippen molar-refractivity contribution in [3.8, 4) is 5.75 Å². The van der Waals surface area contributed by atoms with Gasteiger partial charge in [-0.3, -0.25) is 28.9 Å². The normalized spacial score (nSPS) is 29.2. The highest BCUT2D eigenvalue weighted by molar-refractivity contribution is 6.32. The van der Waals surface area contributed by atoms with Crippen molar-refractivity contribution in [2.24, 2.45) is 29.4 Å². The van der Waals surface area contributed by atoms with E-state index in [1.807, 2.05) is 55.4 Å². The lowest BCUT2D eigenvalue weighted by Crippen LogP contribution is -2.74. The van der Waals surface area contributed by atoms with Crippen LogP contribution in [0.5, 0.6) is 5.75 Å². The van der Waals surface area contributed by atoms with E-state index in [4.69, 9.17) is 5.73 Å². The number of rotatable bonds is 6. The second-order valence-corrected chi connectivity index (χ2v) is 11.9. The molecular weight excluding hydrogens is 526 g/mol. The molecule has 0 spiro atoms. The minimum absolute atomic E-state index is 0.0193. The number of carbonyl (C=O) groups excluding carboxylic acids is 5. The zero-order valence-corrected chi connectivity index (χ0v) is 23.6. The number of ketones is 4. The molecule has 6 atom stereocenters. The average molecular weight is 562 g/mol. The van der Waals surface area contributed by atoms with Crippen LogP contribution in [-0.4, -0.2) is 84.0 Å². The number of aromatic hydroxyl groups is 1. The first-order chi connectivity index (χ1) is 19.3. The van der Waals surface area contributed by atoms with Crippen molar-refractivity contribution in [2.75, 3.05) is 33.1 Å². The van der Waals surface area contributed by atoms with E-state index in [-0.39, 0.29) is 24.2 Å². The van der Waals surface area contributed by atoms with Crippen LogP contribution in [0.2, 0.25) is 0 Å². The van der Waals surface area contributed by atoms with Gasteiger partial charge in [-0.05, 0) is 68.5 Å². The molecule has 216 valence electrons. The summed E-state index contributed by atoms with van der Waals surface area (Å²) in [6.07, 6.45) is 1.31. The molecule has 0 saturated heterocycles. The van der Waals surface area contributed by atoms with Gasteiger partial charge >= 0.3 is 0 Å². The smallest absolute Gasteiger partial charge is 0.235 e. The highest BCUT2D eigenvalue weighted by atomic mass is 16.3. The van der Waals surface area contributed by atoms with Gasteiger partial charge < -0.3 is 20.8 Å². The number of amides is 1. The Morgan fingerprint density at radius 1 is 1.02 bits per heavy atom. The molecule has 2 fully saturated rings. The molecule has 0 heterocycles. The van der Waals surface area contributed by atoms with Crippen LogP contribution in [0.15, 0.2) is 36.4 Å². The number of hydrogen-bond acceptors (Lipinski definition) is 9. The SMILES string of the molecule is CN(C)c1cc(CCc2ccccc2)c(O)c2c1C[C@@H]1C[C@@H]3[C@@H](N(C)C)C(=O)C(C(N)=O)C(=O)[C@]3(O)C(=O)C1C2=O. The summed E-state index contributed by atoms with van der Waals surface area (Å²) in [6, 6.07) is 10.4. The molecule has 2 aromatic carbocycles. The largest absolute Gasteiger partial charge is 0.507 e. The minimum Gasteiger partial charge on any atom is -0.507 e. The third-order valence-corrected chi connectivity index (χ3v) is 9.12. The fraction of sp³-hybridized carbons (Fsp3) is 0.452. The molecule has 10 nitrogen and oxygen atoms in total. The van der Waals surface area contributed by atoms with Gasteiger partial charge in [0.15, 0.2) is 34.7 Å². The van der Waals surface area contributed by atoms with E-state index in [2.05, 4.69) is 0 Å². The Labute approximate surface area is 238 Å². The Bertz CT molecular complexity index is 1470. The fourth-order valence-electron chi connectivity index (χ4n) is 7.22. The number of carbonyl (C=O) groups is 5. The van der Waals surface area contributed by atoms with Gasteiger partial charge in [0.05, 0.1) is 17.5 Å². The Balaban J connectivity index is 1.60. The predicted octanol–water partition coefficient (Wildman–Crippen LogP) is 0.718. The van der Waals surface area contributed by atoms with E-state index < -0.39 is 64.4 Å². The zero-order chi connectivity index (χ0) is 30.0. The van der Waals surface area contributed by atoms with Crippen molar-refractivity contribution in [3.05, 3.63) is 58.7 Å². The van der Waals surface area contributed by atoms with Gasteiger partial charge in [-0.1, -0.05) is 30.3 Å². The summed E-state index contributed by atoms with van der Waals surface area (Å²) in [5.74, 6) is -10.4. The molecule has 4 N–H and O–H groups in total. The molecule has 2 unspecified atom stereocenters. The third-order valence-electron chi connectivity index (χ3n) is 9.12. The number of primary amides is 1. The van der Waals surface area contributed by atoms with Crippen LogP contribution in [-0.2, 0) is 38.4 Å². The first-order valence-electron chi connectivity index (χ1n) is 13.7. The number of fused-ring (bicyclic) bond motifs is 3. The number of phenols is 1. The lowest BCUT2D eigenvalue weighted by atomic mass is 9.52. The first-order valence-corrected chi connectivity index (χ1v) is 13.7. The Morgan fingerprint density at radius 3 is 2.27 bits per heavy atom. The summed E-state index contributed by atoms with van der Waals surface area (Å²) in [6.45, 7) is 0. The number of likely N-dealkylation sites (N-methyl/N-ethyl adjacent to an activating group) is 1. The molecule has 2 saturated carbocycles. The van der Waals surface area contributed by atoms with Gasteiger partial charge in [0.25, 0.3) is 0 Å². The maximum atomic E-state index is 14.1. The van der Waals surface area contributed by atoms with Crippen molar-refractivity contribution < 1.29 is 34.2 Å². The summed E-state index contributed by atoms with van der Waals surface area (Å²) in [5.41, 5.74) is 5.59. The summed E-state index contributed by atoms with van der Waals surface area (Å²) in [4.78, 5) is 70.3. The lowest BCUT2D eigenvalue weighted by molar-refractivity contribution is -0.181. The Kier molecular flexibility index (Phi) is 7.11. The second kappa shape index (κ2) is 10.2. The number of aryl methyl sites for hydroxylation is 2. The molecular formula is C31H35N3O7. The molecule has 0 radical (unpaired) electrons. The van der Waals surface area contributed by atoms with Crippen molar-refractivity contribution >= 4 is 34.7 Å². The highest BCUT2D eigenvalue weighted by Crippen LogP contribution is 2.52. The van der Waals surface area contributed by atoms with Crippen LogP contribution >= 0.6 is 0 Å². The number of nitrogens with zero attached hydrogens (tertiary/aromatic N) is 2. The van der Waals surface area contributed by atoms with Gasteiger partial charge in [-0.25, -0.2) is 0 Å². The number of nitrogens with two attached hydrogens (primary N) is 1. The maximum Gasteiger partial charge on any atom is 0.235 e. The predicted molar refractivity (Wildman–Crippen MR) is 150 cm³/mol. The molecule has 1 amide bonds. The highest BCUT2D eigenvalue weighted by Gasteiger charge is 2.69. The van der Waals surface area contributed by atoms with E-state index in [1.165, 1.54) is 4.90 Å². The van der Waals surface area contributed by atoms with Crippen LogP contribution in [0.1, 0.15) is 33.5 Å². The number of benzene rings is 2. The van der Waals surface area contributed by atoms with E-state index in [9.17, 15) is 34.2 Å². The van der Waals surface area contributed by atoms with Crippen LogP contribution < -0.4 is 10.6 Å². The molecule has 0 bridgehead atoms. The van der Waals surface area contributed by atoms with E-state index in [1.54, 1.807) is 14.1 Å². The Morgan fingerprint density at radius 2 is 1.68 bits per heavy atom. The molecule has 41 heavy (non-hydrogen) atoms. The van der Waals surface area contributed by atoms with Crippen molar-refractivity contribution in [1.29, 1.82) is 0 Å². The molecule has 0 aromatic heterocycles. The number of Topliss-reactive ketones (excluding diaryl/α,β-unsaturated/α-hetero) is 4. The van der Waals surface area contributed by atoms with E-state index in [0.29, 0.717) is 24.0 Å². The van der Waals surface area contributed by atoms with Gasteiger partial charge in [0.1, 0.15) is 5.75 Å². The van der Waals surface area contributed by atoms with Gasteiger partial charge in [0.2, 0.25) is 5.91 Å². The van der Waals surface area contributed by atoms with Gasteiger partial charge in [0, 0.05) is 25.7 Å². The van der Waals surface area contributed by atoms with Crippen LogP contribution in [0.25, 0.3) is 0 Å². The number of anilines is 1. The van der Waals surface area contributed by atoms with Gasteiger partial charge in [-0.2, -0.15) is 0 Å². The van der Waals surface area contributed by atoms with Crippen molar-refractivity contribution in [2.45, 2.75) is 37.3 Å². The molecule has 3 aliphatic rings. The molecule has 3 aliphatic carbocycles. The summed E-state index contributed by atoms with van der Waals surface area (Å²) >= 11 is 0. The summed E-state index contributed by atoms with van der Waals surface area (Å²) < 4.78 is 0. The van der Waals surface area contributed by atoms with Gasteiger partial charge in [-0.15, -0.1) is 0 Å². The zero-order valence-electron chi connectivity index (χ0n) is 23.6. The number of phenolic OH excluding ortho intramolecular Hbond substituents is 1. The average Bonchev–Trinajstić information content (AvgIpc) is 2.90. The van der Waals surface area contributed by atoms with Crippen molar-refractivity contribution in [1.82, 2.24) is 4.90 Å². The quantitative estimate of drug-likeness (QED) is 0.432. The standard InChI is InChI=1S/C31H35N3O7/c1-33(2)20-14-16(11-10-15-8-6-5-7-9-15)25(35)22-18(20)12-17-13-19-24(34(3)4)27(37)23(30(32)40)29(39)31(19,41)28(38)21(17)26(22)36/h5-9,14,17,19,21,23-24,35,41H,10-13H2,1-4H3,(H2,32,40)/t17-,19-,21?,23?,24-,31-/m1/s1. The van der Waals surface area contributed by atoms with E-state index in [0.717, 1.165) is 11.3 Å². The molecule has 0 aliphatic heterocycles. The fourth-order valence-corrected chi connectivity index (χ4v) is 7.22. The van der Waals surface area contributed by atoms with E-state index >= 15 is 0 Å². The minimum atomic E-state index is -2.73. The third kappa shape index (κ3) is 4.28. The molecule has 5 rings (SSSR count). The monoisotopic (exact) mass is 561 g/mol. The van der Waals surface area contributed by atoms with Crippen LogP contribution in [0, 0.1) is 23.7 Å². The summed E-state index contributed by atoms with van der Waals surface area (Å²) in [5, 5.41) is 23.1. The van der Waals surface area contributed by atoms with Crippen LogP contribution in [0.3, 0.4) is 0 Å². The number of hydrogen-bond donors (Lipinski definition) is 3. The van der Waals surface area contributed by atoms with Crippen LogP contribution in [0.4, 0.5) is 5.69 Å². The second-order valence-electron chi connectivity index (χ2n) is 11.9. The maximum absolute atomic E-state index is 14.1. The molecule has 2 aromatic rings. The van der Waals surface area contributed by atoms with Crippen molar-refractivity contribution in [3.63, 3.8) is 0 Å². The molecule has 10 heteroatoms.